The summed E-state index contributed by atoms with van der Waals surface area (Å²) in [6.45, 7) is 5.32. The molecule has 0 amide bonds. The van der Waals surface area contributed by atoms with Crippen molar-refractivity contribution in [3.8, 4) is 0 Å². The minimum atomic E-state index is 0.444. The standard InChI is InChI=1S/C9H17N/c1-9(2)6-3-4-8(9)5-7-10/h5H,3-4,6-7,10H2,1-2H3. The van der Waals surface area contributed by atoms with Crippen molar-refractivity contribution in [2.75, 3.05) is 6.54 Å². The maximum Gasteiger partial charge on any atom is 0.0109 e. The molecule has 0 radical (unpaired) electrons. The van der Waals surface area contributed by atoms with Gasteiger partial charge in [-0.05, 0) is 24.7 Å². The van der Waals surface area contributed by atoms with Crippen LogP contribution in [0.3, 0.4) is 0 Å². The van der Waals surface area contributed by atoms with Gasteiger partial charge in [-0.1, -0.05) is 25.5 Å². The highest BCUT2D eigenvalue weighted by atomic mass is 14.5. The van der Waals surface area contributed by atoms with Gasteiger partial charge < -0.3 is 5.73 Å². The molecule has 58 valence electrons. The predicted octanol–water partition coefficient (Wildman–Crippen LogP) is 2.08. The van der Waals surface area contributed by atoms with Crippen molar-refractivity contribution in [3.05, 3.63) is 11.6 Å². The van der Waals surface area contributed by atoms with Gasteiger partial charge in [-0.25, -0.2) is 0 Å². The summed E-state index contributed by atoms with van der Waals surface area (Å²) < 4.78 is 0. The number of hydrogen-bond donors (Lipinski definition) is 1. The van der Waals surface area contributed by atoms with Crippen LogP contribution in [0.4, 0.5) is 0 Å². The van der Waals surface area contributed by atoms with Gasteiger partial charge in [0.25, 0.3) is 0 Å². The first-order valence-corrected chi connectivity index (χ1v) is 4.06. The summed E-state index contributed by atoms with van der Waals surface area (Å²) in [5.41, 5.74) is 7.46. The smallest absolute Gasteiger partial charge is 0.0109 e. The fourth-order valence-corrected chi connectivity index (χ4v) is 1.74. The normalized spacial score (nSPS) is 27.7. The maximum atomic E-state index is 5.45. The Morgan fingerprint density at radius 3 is 2.70 bits per heavy atom. The minimum absolute atomic E-state index is 0.444. The number of hydrogen-bond acceptors (Lipinski definition) is 1. The van der Waals surface area contributed by atoms with E-state index in [0.29, 0.717) is 12.0 Å². The second-order valence-corrected chi connectivity index (χ2v) is 3.70. The number of allylic oxidation sites excluding steroid dienone is 1. The van der Waals surface area contributed by atoms with Crippen LogP contribution in [0.5, 0.6) is 0 Å². The van der Waals surface area contributed by atoms with E-state index in [-0.39, 0.29) is 0 Å². The molecule has 2 N–H and O–H groups in total. The molecule has 0 atom stereocenters. The molecule has 1 rings (SSSR count). The summed E-state index contributed by atoms with van der Waals surface area (Å²) in [6, 6.07) is 0. The van der Waals surface area contributed by atoms with E-state index in [9.17, 15) is 0 Å². The van der Waals surface area contributed by atoms with Crippen molar-refractivity contribution in [1.82, 2.24) is 0 Å². The molecule has 0 aliphatic heterocycles. The molecule has 0 aromatic heterocycles. The third-order valence-corrected chi connectivity index (χ3v) is 2.48. The molecule has 1 aliphatic rings. The molecule has 0 spiro atoms. The Morgan fingerprint density at radius 2 is 2.30 bits per heavy atom. The monoisotopic (exact) mass is 139 g/mol. The van der Waals surface area contributed by atoms with Crippen molar-refractivity contribution in [1.29, 1.82) is 0 Å². The quantitative estimate of drug-likeness (QED) is 0.553. The molecule has 1 nitrogen and oxygen atoms in total. The summed E-state index contributed by atoms with van der Waals surface area (Å²) in [5.74, 6) is 0. The lowest BCUT2D eigenvalue weighted by atomic mass is 9.87. The lowest BCUT2D eigenvalue weighted by Gasteiger charge is -2.19. The molecule has 0 bridgehead atoms. The van der Waals surface area contributed by atoms with E-state index in [1.807, 2.05) is 0 Å². The van der Waals surface area contributed by atoms with Crippen molar-refractivity contribution < 1.29 is 0 Å². The number of nitrogens with two attached hydrogens (primary N) is 1. The molecule has 1 fully saturated rings. The SMILES string of the molecule is CC1(C)CCCC1=CCN. The Bertz CT molecular complexity index is 145. The van der Waals surface area contributed by atoms with E-state index in [4.69, 9.17) is 5.73 Å². The van der Waals surface area contributed by atoms with Crippen LogP contribution in [0.25, 0.3) is 0 Å². The average Bonchev–Trinajstić information content (AvgIpc) is 2.13. The minimum Gasteiger partial charge on any atom is -0.327 e. The lowest BCUT2D eigenvalue weighted by Crippen LogP contribution is -2.09. The van der Waals surface area contributed by atoms with Crippen LogP contribution >= 0.6 is 0 Å². The van der Waals surface area contributed by atoms with Crippen LogP contribution < -0.4 is 5.73 Å². The molecule has 0 heterocycles. The zero-order chi connectivity index (χ0) is 7.61. The maximum absolute atomic E-state index is 5.45. The molecular formula is C9H17N. The van der Waals surface area contributed by atoms with Crippen LogP contribution in [0.15, 0.2) is 11.6 Å². The third-order valence-electron chi connectivity index (χ3n) is 2.48. The Hall–Kier alpha value is -0.300. The van der Waals surface area contributed by atoms with Crippen LogP contribution in [-0.2, 0) is 0 Å². The lowest BCUT2D eigenvalue weighted by molar-refractivity contribution is 0.460. The van der Waals surface area contributed by atoms with Crippen molar-refractivity contribution >= 4 is 0 Å². The van der Waals surface area contributed by atoms with Crippen molar-refractivity contribution in [3.63, 3.8) is 0 Å². The van der Waals surface area contributed by atoms with Gasteiger partial charge in [0.1, 0.15) is 0 Å². The van der Waals surface area contributed by atoms with Crippen LogP contribution in [0, 0.1) is 5.41 Å². The zero-order valence-corrected chi connectivity index (χ0v) is 6.98. The van der Waals surface area contributed by atoms with Crippen molar-refractivity contribution in [2.45, 2.75) is 33.1 Å². The van der Waals surface area contributed by atoms with Gasteiger partial charge in [0.2, 0.25) is 0 Å². The van der Waals surface area contributed by atoms with Gasteiger partial charge in [-0.2, -0.15) is 0 Å². The molecule has 0 aromatic rings. The Morgan fingerprint density at radius 1 is 1.60 bits per heavy atom. The second-order valence-electron chi connectivity index (χ2n) is 3.70. The molecular weight excluding hydrogens is 122 g/mol. The van der Waals surface area contributed by atoms with Gasteiger partial charge in [-0.3, -0.25) is 0 Å². The van der Waals surface area contributed by atoms with Crippen molar-refractivity contribution in [2.24, 2.45) is 11.1 Å². The van der Waals surface area contributed by atoms with E-state index >= 15 is 0 Å². The summed E-state index contributed by atoms with van der Waals surface area (Å²) in [6.07, 6.45) is 6.13. The molecule has 0 saturated heterocycles. The molecule has 0 unspecified atom stereocenters. The van der Waals surface area contributed by atoms with E-state index in [2.05, 4.69) is 19.9 Å². The third kappa shape index (κ3) is 1.40. The molecule has 1 saturated carbocycles. The first-order chi connectivity index (χ1) is 4.67. The highest BCUT2D eigenvalue weighted by molar-refractivity contribution is 5.16. The molecule has 0 aromatic carbocycles. The average molecular weight is 139 g/mol. The van der Waals surface area contributed by atoms with E-state index < -0.39 is 0 Å². The second kappa shape index (κ2) is 2.75. The first-order valence-electron chi connectivity index (χ1n) is 4.06. The summed E-state index contributed by atoms with van der Waals surface area (Å²) in [7, 11) is 0. The fraction of sp³-hybridized carbons (Fsp3) is 0.778. The van der Waals surface area contributed by atoms with Gasteiger partial charge >= 0.3 is 0 Å². The summed E-state index contributed by atoms with van der Waals surface area (Å²) in [5, 5.41) is 0. The van der Waals surface area contributed by atoms with Crippen LogP contribution in [0.1, 0.15) is 33.1 Å². The topological polar surface area (TPSA) is 26.0 Å². The largest absolute Gasteiger partial charge is 0.327 e. The highest BCUT2D eigenvalue weighted by Crippen LogP contribution is 2.41. The zero-order valence-electron chi connectivity index (χ0n) is 6.98. The summed E-state index contributed by atoms with van der Waals surface area (Å²) >= 11 is 0. The molecule has 1 aliphatic carbocycles. The molecule has 10 heavy (non-hydrogen) atoms. The van der Waals surface area contributed by atoms with Gasteiger partial charge in [0.15, 0.2) is 0 Å². The van der Waals surface area contributed by atoms with Gasteiger partial charge in [-0.15, -0.1) is 0 Å². The van der Waals surface area contributed by atoms with E-state index in [0.717, 1.165) is 0 Å². The summed E-state index contributed by atoms with van der Waals surface area (Å²) in [4.78, 5) is 0. The predicted molar refractivity (Wildman–Crippen MR) is 44.8 cm³/mol. The Balaban J connectivity index is 2.68. The van der Waals surface area contributed by atoms with Gasteiger partial charge in [0, 0.05) is 6.54 Å². The Labute approximate surface area is 63.3 Å². The van der Waals surface area contributed by atoms with E-state index in [1.165, 1.54) is 19.3 Å². The fourth-order valence-electron chi connectivity index (χ4n) is 1.74. The van der Waals surface area contributed by atoms with E-state index in [1.54, 1.807) is 5.57 Å². The Kier molecular flexibility index (Phi) is 2.14. The van der Waals surface area contributed by atoms with Crippen LogP contribution in [-0.4, -0.2) is 6.54 Å². The van der Waals surface area contributed by atoms with Gasteiger partial charge in [0.05, 0.1) is 0 Å². The molecule has 1 heteroatoms. The number of rotatable bonds is 1. The highest BCUT2D eigenvalue weighted by Gasteiger charge is 2.27. The van der Waals surface area contributed by atoms with Crippen LogP contribution in [0.2, 0.25) is 0 Å². The first kappa shape index (κ1) is 7.80.